The largest absolute Gasteiger partial charge is 0.465 e. The van der Waals surface area contributed by atoms with Gasteiger partial charge >= 0.3 is 0 Å². The smallest absolute Gasteiger partial charge is 0.120 e. The number of rotatable bonds is 4. The highest BCUT2D eigenvalue weighted by molar-refractivity contribution is 5.09. The molecule has 16 heavy (non-hydrogen) atoms. The molecular weight excluding hydrogens is 198 g/mol. The zero-order valence-corrected chi connectivity index (χ0v) is 10.6. The molecule has 0 radical (unpaired) electrons. The van der Waals surface area contributed by atoms with E-state index in [1.54, 1.807) is 0 Å². The number of nitrogens with one attached hydrogen (secondary N) is 1. The summed E-state index contributed by atoms with van der Waals surface area (Å²) in [4.78, 5) is 0. The second-order valence-electron chi connectivity index (χ2n) is 5.17. The van der Waals surface area contributed by atoms with E-state index in [2.05, 4.69) is 25.2 Å². The number of furan rings is 1. The molecule has 1 heterocycles. The molecule has 0 aromatic carbocycles. The van der Waals surface area contributed by atoms with Gasteiger partial charge in [-0.05, 0) is 51.7 Å². The van der Waals surface area contributed by atoms with E-state index in [0.717, 1.165) is 17.4 Å². The normalized spacial score (nSPS) is 21.2. The Kier molecular flexibility index (Phi) is 3.70. The van der Waals surface area contributed by atoms with Crippen molar-refractivity contribution < 1.29 is 4.42 Å². The van der Waals surface area contributed by atoms with Gasteiger partial charge in [-0.2, -0.15) is 0 Å². The van der Waals surface area contributed by atoms with E-state index in [9.17, 15) is 0 Å². The van der Waals surface area contributed by atoms with E-state index in [4.69, 9.17) is 4.42 Å². The van der Waals surface area contributed by atoms with Gasteiger partial charge in [-0.25, -0.2) is 0 Å². The van der Waals surface area contributed by atoms with Crippen LogP contribution in [0.25, 0.3) is 0 Å². The third kappa shape index (κ3) is 2.67. The first-order valence-electron chi connectivity index (χ1n) is 6.49. The molecule has 1 aromatic rings. The first-order valence-corrected chi connectivity index (χ1v) is 6.49. The summed E-state index contributed by atoms with van der Waals surface area (Å²) in [5.41, 5.74) is 0. The summed E-state index contributed by atoms with van der Waals surface area (Å²) < 4.78 is 5.65. The van der Waals surface area contributed by atoms with Crippen molar-refractivity contribution in [2.24, 2.45) is 5.92 Å². The zero-order valence-electron chi connectivity index (χ0n) is 10.6. The lowest BCUT2D eigenvalue weighted by Crippen LogP contribution is -2.34. The standard InChI is InChI=1S/C14H23NO/c1-10-8-9-14(16-10)12(3)15-11(2)13-6-4-5-7-13/h8-9,11-13,15H,4-7H2,1-3H3. The van der Waals surface area contributed by atoms with Gasteiger partial charge < -0.3 is 9.73 Å². The topological polar surface area (TPSA) is 25.2 Å². The van der Waals surface area contributed by atoms with Gasteiger partial charge in [-0.3, -0.25) is 0 Å². The summed E-state index contributed by atoms with van der Waals surface area (Å²) >= 11 is 0. The van der Waals surface area contributed by atoms with Gasteiger partial charge in [-0.15, -0.1) is 0 Å². The van der Waals surface area contributed by atoms with Crippen LogP contribution in [0.15, 0.2) is 16.5 Å². The minimum Gasteiger partial charge on any atom is -0.465 e. The predicted octanol–water partition coefficient (Wildman–Crippen LogP) is 3.82. The van der Waals surface area contributed by atoms with Gasteiger partial charge in [-0.1, -0.05) is 12.8 Å². The fraction of sp³-hybridized carbons (Fsp3) is 0.714. The minimum absolute atomic E-state index is 0.323. The van der Waals surface area contributed by atoms with Crippen molar-refractivity contribution in [3.05, 3.63) is 23.7 Å². The molecule has 2 unspecified atom stereocenters. The van der Waals surface area contributed by atoms with Gasteiger partial charge in [0, 0.05) is 6.04 Å². The maximum absolute atomic E-state index is 5.65. The molecule has 1 aliphatic rings. The van der Waals surface area contributed by atoms with Gasteiger partial charge in [0.1, 0.15) is 11.5 Å². The average Bonchev–Trinajstić information content (AvgIpc) is 2.87. The van der Waals surface area contributed by atoms with Crippen molar-refractivity contribution >= 4 is 0 Å². The molecule has 1 aromatic heterocycles. The number of hydrogen-bond donors (Lipinski definition) is 1. The Morgan fingerprint density at radius 3 is 2.50 bits per heavy atom. The SMILES string of the molecule is Cc1ccc(C(C)NC(C)C2CCCC2)o1. The molecule has 2 nitrogen and oxygen atoms in total. The Bertz CT molecular complexity index is 325. The molecule has 2 atom stereocenters. The molecule has 0 spiro atoms. The summed E-state index contributed by atoms with van der Waals surface area (Å²) in [5, 5.41) is 3.66. The molecule has 0 bridgehead atoms. The van der Waals surface area contributed by atoms with E-state index in [-0.39, 0.29) is 0 Å². The van der Waals surface area contributed by atoms with Gasteiger partial charge in [0.15, 0.2) is 0 Å². The van der Waals surface area contributed by atoms with Crippen molar-refractivity contribution in [2.75, 3.05) is 0 Å². The maximum Gasteiger partial charge on any atom is 0.120 e. The van der Waals surface area contributed by atoms with Crippen LogP contribution in [-0.4, -0.2) is 6.04 Å². The van der Waals surface area contributed by atoms with Gasteiger partial charge in [0.05, 0.1) is 6.04 Å². The summed E-state index contributed by atoms with van der Waals surface area (Å²) in [6.45, 7) is 6.49. The van der Waals surface area contributed by atoms with Crippen molar-refractivity contribution in [3.8, 4) is 0 Å². The molecule has 90 valence electrons. The monoisotopic (exact) mass is 221 g/mol. The Morgan fingerprint density at radius 1 is 1.25 bits per heavy atom. The van der Waals surface area contributed by atoms with Crippen molar-refractivity contribution in [1.29, 1.82) is 0 Å². The lowest BCUT2D eigenvalue weighted by atomic mass is 9.99. The van der Waals surface area contributed by atoms with Crippen molar-refractivity contribution in [2.45, 2.75) is 58.5 Å². The summed E-state index contributed by atoms with van der Waals surface area (Å²) in [6, 6.07) is 5.04. The Hall–Kier alpha value is -0.760. The summed E-state index contributed by atoms with van der Waals surface area (Å²) in [7, 11) is 0. The van der Waals surface area contributed by atoms with Crippen molar-refractivity contribution in [3.63, 3.8) is 0 Å². The summed E-state index contributed by atoms with van der Waals surface area (Å²) in [5.74, 6) is 2.91. The van der Waals surface area contributed by atoms with E-state index in [1.165, 1.54) is 25.7 Å². The van der Waals surface area contributed by atoms with Crippen LogP contribution in [0.5, 0.6) is 0 Å². The fourth-order valence-electron chi connectivity index (χ4n) is 2.76. The third-order valence-corrected chi connectivity index (χ3v) is 3.81. The third-order valence-electron chi connectivity index (χ3n) is 3.81. The predicted molar refractivity (Wildman–Crippen MR) is 66.4 cm³/mol. The van der Waals surface area contributed by atoms with Gasteiger partial charge in [0.25, 0.3) is 0 Å². The number of aryl methyl sites for hydroxylation is 1. The van der Waals surface area contributed by atoms with Crippen LogP contribution in [0.1, 0.15) is 57.1 Å². The lowest BCUT2D eigenvalue weighted by Gasteiger charge is -2.23. The van der Waals surface area contributed by atoms with Crippen LogP contribution < -0.4 is 5.32 Å². The second kappa shape index (κ2) is 5.05. The van der Waals surface area contributed by atoms with Crippen LogP contribution >= 0.6 is 0 Å². The maximum atomic E-state index is 5.65. The highest BCUT2D eigenvalue weighted by Crippen LogP contribution is 2.29. The first kappa shape index (κ1) is 11.7. The minimum atomic E-state index is 0.323. The Balaban J connectivity index is 1.88. The highest BCUT2D eigenvalue weighted by atomic mass is 16.3. The molecule has 1 aliphatic carbocycles. The average molecular weight is 221 g/mol. The zero-order chi connectivity index (χ0) is 11.5. The molecule has 0 aliphatic heterocycles. The molecule has 1 saturated carbocycles. The van der Waals surface area contributed by atoms with Crippen LogP contribution in [0.4, 0.5) is 0 Å². The molecule has 2 rings (SSSR count). The molecule has 0 amide bonds. The van der Waals surface area contributed by atoms with E-state index < -0.39 is 0 Å². The van der Waals surface area contributed by atoms with Crippen LogP contribution in [0, 0.1) is 12.8 Å². The lowest BCUT2D eigenvalue weighted by molar-refractivity contribution is 0.324. The van der Waals surface area contributed by atoms with Crippen LogP contribution in [0.3, 0.4) is 0 Å². The van der Waals surface area contributed by atoms with E-state index in [1.807, 2.05) is 13.0 Å². The van der Waals surface area contributed by atoms with Crippen LogP contribution in [-0.2, 0) is 0 Å². The second-order valence-corrected chi connectivity index (χ2v) is 5.17. The van der Waals surface area contributed by atoms with E-state index >= 15 is 0 Å². The van der Waals surface area contributed by atoms with E-state index in [0.29, 0.717) is 12.1 Å². The molecule has 0 saturated heterocycles. The Morgan fingerprint density at radius 2 is 1.94 bits per heavy atom. The van der Waals surface area contributed by atoms with Crippen molar-refractivity contribution in [1.82, 2.24) is 5.32 Å². The quantitative estimate of drug-likeness (QED) is 0.836. The molecular formula is C14H23NO. The number of hydrogen-bond acceptors (Lipinski definition) is 2. The molecule has 2 heteroatoms. The molecule has 1 fully saturated rings. The highest BCUT2D eigenvalue weighted by Gasteiger charge is 2.23. The summed E-state index contributed by atoms with van der Waals surface area (Å²) in [6.07, 6.45) is 5.59. The molecule has 1 N–H and O–H groups in total. The fourth-order valence-corrected chi connectivity index (χ4v) is 2.76. The van der Waals surface area contributed by atoms with Gasteiger partial charge in [0.2, 0.25) is 0 Å². The Labute approximate surface area is 98.4 Å². The van der Waals surface area contributed by atoms with Crippen LogP contribution in [0.2, 0.25) is 0 Å². The first-order chi connectivity index (χ1) is 7.66.